The lowest BCUT2D eigenvalue weighted by molar-refractivity contribution is -0.123. The highest BCUT2D eigenvalue weighted by Crippen LogP contribution is 2.34. The maximum Gasteiger partial charge on any atom is 0.293 e. The van der Waals surface area contributed by atoms with E-state index < -0.39 is 0 Å². The van der Waals surface area contributed by atoms with E-state index >= 15 is 0 Å². The summed E-state index contributed by atoms with van der Waals surface area (Å²) in [6, 6.07) is 19.6. The van der Waals surface area contributed by atoms with Gasteiger partial charge in [0.2, 0.25) is 0 Å². The highest BCUT2D eigenvalue weighted by molar-refractivity contribution is 8.18. The summed E-state index contributed by atoms with van der Waals surface area (Å²) in [5.74, 6) is 0.263. The van der Waals surface area contributed by atoms with E-state index in [-0.39, 0.29) is 24.3 Å². The van der Waals surface area contributed by atoms with Crippen molar-refractivity contribution in [1.29, 1.82) is 0 Å². The Balaban J connectivity index is 1.47. The van der Waals surface area contributed by atoms with Crippen LogP contribution in [-0.4, -0.2) is 16.0 Å². The Hall–Kier alpha value is -2.44. The van der Waals surface area contributed by atoms with Crippen molar-refractivity contribution in [1.82, 2.24) is 4.90 Å². The summed E-state index contributed by atoms with van der Waals surface area (Å²) in [6.07, 6.45) is 1.68. The first-order chi connectivity index (χ1) is 15.4. The second-order valence-electron chi connectivity index (χ2n) is 6.96. The number of amides is 2. The molecule has 3 aromatic carbocycles. The van der Waals surface area contributed by atoms with Crippen molar-refractivity contribution in [3.8, 4) is 5.75 Å². The van der Waals surface area contributed by atoms with E-state index in [2.05, 4.69) is 0 Å². The molecule has 0 saturated carbocycles. The standard InChI is InChI=1S/C24H16Cl3NO3S/c25-18-9-8-17(21(27)12-18)14-31-19-6-3-4-15(10-19)11-22-23(29)28(24(30)32-22)13-16-5-1-2-7-20(16)26/h1-12H,13-14H2/b22-11-. The zero-order valence-corrected chi connectivity index (χ0v) is 19.6. The van der Waals surface area contributed by atoms with Gasteiger partial charge in [0.05, 0.1) is 11.4 Å². The van der Waals surface area contributed by atoms with Crippen LogP contribution in [0.5, 0.6) is 5.75 Å². The van der Waals surface area contributed by atoms with Crippen molar-refractivity contribution in [3.05, 3.63) is 103 Å². The molecule has 1 heterocycles. The number of hydrogen-bond acceptors (Lipinski definition) is 4. The van der Waals surface area contributed by atoms with Crippen molar-refractivity contribution in [2.75, 3.05) is 0 Å². The molecule has 0 atom stereocenters. The Morgan fingerprint density at radius 2 is 1.69 bits per heavy atom. The molecule has 0 unspecified atom stereocenters. The Kier molecular flexibility index (Phi) is 7.11. The largest absolute Gasteiger partial charge is 0.489 e. The summed E-state index contributed by atoms with van der Waals surface area (Å²) in [4.78, 5) is 26.8. The molecule has 32 heavy (non-hydrogen) atoms. The summed E-state index contributed by atoms with van der Waals surface area (Å²) in [6.45, 7) is 0.403. The van der Waals surface area contributed by atoms with Gasteiger partial charge in [-0.25, -0.2) is 0 Å². The predicted octanol–water partition coefficient (Wildman–Crippen LogP) is 7.46. The number of thioether (sulfide) groups is 1. The highest BCUT2D eigenvalue weighted by Gasteiger charge is 2.35. The molecule has 4 nitrogen and oxygen atoms in total. The van der Waals surface area contributed by atoms with Crippen molar-refractivity contribution >= 4 is 63.8 Å². The molecule has 2 amide bonds. The first kappa shape index (κ1) is 22.7. The van der Waals surface area contributed by atoms with Crippen molar-refractivity contribution in [2.45, 2.75) is 13.2 Å². The van der Waals surface area contributed by atoms with Crippen LogP contribution < -0.4 is 4.74 Å². The minimum Gasteiger partial charge on any atom is -0.489 e. The van der Waals surface area contributed by atoms with E-state index in [1.54, 1.807) is 42.5 Å². The molecule has 3 aromatic rings. The number of imide groups is 1. The molecule has 162 valence electrons. The van der Waals surface area contributed by atoms with Crippen molar-refractivity contribution < 1.29 is 14.3 Å². The summed E-state index contributed by atoms with van der Waals surface area (Å²) in [7, 11) is 0. The molecule has 4 rings (SSSR count). The predicted molar refractivity (Wildman–Crippen MR) is 130 cm³/mol. The van der Waals surface area contributed by atoms with Crippen LogP contribution in [0, 0.1) is 0 Å². The number of nitrogens with zero attached hydrogens (tertiary/aromatic N) is 1. The number of carbonyl (C=O) groups is 2. The van der Waals surface area contributed by atoms with Gasteiger partial charge in [-0.2, -0.15) is 0 Å². The fraction of sp³-hybridized carbons (Fsp3) is 0.0833. The van der Waals surface area contributed by atoms with Gasteiger partial charge >= 0.3 is 0 Å². The second-order valence-corrected chi connectivity index (χ2v) is 9.20. The van der Waals surface area contributed by atoms with Crippen LogP contribution in [0.15, 0.2) is 71.6 Å². The molecule has 8 heteroatoms. The number of halogens is 3. The Morgan fingerprint density at radius 3 is 2.47 bits per heavy atom. The van der Waals surface area contributed by atoms with Crippen LogP contribution in [0.2, 0.25) is 15.1 Å². The first-order valence-electron chi connectivity index (χ1n) is 9.56. The lowest BCUT2D eigenvalue weighted by Gasteiger charge is -2.13. The van der Waals surface area contributed by atoms with Crippen LogP contribution in [-0.2, 0) is 17.9 Å². The number of benzene rings is 3. The Morgan fingerprint density at radius 1 is 0.875 bits per heavy atom. The van der Waals surface area contributed by atoms with Gasteiger partial charge in [-0.05, 0) is 59.3 Å². The van der Waals surface area contributed by atoms with E-state index in [4.69, 9.17) is 39.5 Å². The van der Waals surface area contributed by atoms with Crippen molar-refractivity contribution in [3.63, 3.8) is 0 Å². The topological polar surface area (TPSA) is 46.6 Å². The lowest BCUT2D eigenvalue weighted by Crippen LogP contribution is -2.27. The Bertz CT molecular complexity index is 1230. The summed E-state index contributed by atoms with van der Waals surface area (Å²) < 4.78 is 5.84. The summed E-state index contributed by atoms with van der Waals surface area (Å²) >= 11 is 19.2. The van der Waals surface area contributed by atoms with Gasteiger partial charge in [0.1, 0.15) is 12.4 Å². The minimum absolute atomic E-state index is 0.132. The average Bonchev–Trinajstić information content (AvgIpc) is 3.02. The molecule has 0 radical (unpaired) electrons. The molecule has 0 spiro atoms. The molecule has 0 bridgehead atoms. The number of ether oxygens (including phenoxy) is 1. The van der Waals surface area contributed by atoms with E-state index in [0.29, 0.717) is 31.3 Å². The van der Waals surface area contributed by atoms with E-state index in [1.807, 2.05) is 30.3 Å². The minimum atomic E-state index is -0.348. The fourth-order valence-electron chi connectivity index (χ4n) is 3.08. The quantitative estimate of drug-likeness (QED) is 0.327. The molecular weight excluding hydrogens is 489 g/mol. The van der Waals surface area contributed by atoms with Crippen LogP contribution in [0.3, 0.4) is 0 Å². The van der Waals surface area contributed by atoms with Crippen LogP contribution in [0.25, 0.3) is 6.08 Å². The maximum atomic E-state index is 12.8. The van der Waals surface area contributed by atoms with E-state index in [1.165, 1.54) is 4.90 Å². The van der Waals surface area contributed by atoms with Crippen LogP contribution >= 0.6 is 46.6 Å². The van der Waals surface area contributed by atoms with Crippen molar-refractivity contribution in [2.24, 2.45) is 0 Å². The molecule has 0 aromatic heterocycles. The van der Waals surface area contributed by atoms with Gasteiger partial charge in [0, 0.05) is 20.6 Å². The lowest BCUT2D eigenvalue weighted by atomic mass is 10.2. The zero-order chi connectivity index (χ0) is 22.7. The third-order valence-corrected chi connectivity index (χ3v) is 6.59. The van der Waals surface area contributed by atoms with Gasteiger partial charge in [0.25, 0.3) is 11.1 Å². The van der Waals surface area contributed by atoms with E-state index in [9.17, 15) is 9.59 Å². The van der Waals surface area contributed by atoms with Gasteiger partial charge in [-0.15, -0.1) is 0 Å². The molecule has 0 N–H and O–H groups in total. The average molecular weight is 505 g/mol. The molecule has 0 aliphatic carbocycles. The highest BCUT2D eigenvalue weighted by atomic mass is 35.5. The third-order valence-electron chi connectivity index (χ3n) is 4.73. The molecule has 1 saturated heterocycles. The van der Waals surface area contributed by atoms with Gasteiger partial charge in [0.15, 0.2) is 0 Å². The van der Waals surface area contributed by atoms with Gasteiger partial charge in [-0.3, -0.25) is 14.5 Å². The Labute approximate surface area is 204 Å². The van der Waals surface area contributed by atoms with E-state index in [0.717, 1.165) is 22.9 Å². The molecule has 1 fully saturated rings. The monoisotopic (exact) mass is 503 g/mol. The summed E-state index contributed by atoms with van der Waals surface area (Å²) in [5, 5.41) is 1.28. The number of hydrogen-bond donors (Lipinski definition) is 0. The van der Waals surface area contributed by atoms with Gasteiger partial charge in [-0.1, -0.05) is 71.2 Å². The maximum absolute atomic E-state index is 12.8. The second kappa shape index (κ2) is 10.0. The number of carbonyl (C=O) groups excluding carboxylic acids is 2. The SMILES string of the molecule is O=C1S/C(=C\c2cccc(OCc3ccc(Cl)cc3Cl)c2)C(=O)N1Cc1ccccc1Cl. The van der Waals surface area contributed by atoms with Crippen LogP contribution in [0.4, 0.5) is 4.79 Å². The number of rotatable bonds is 6. The molecular formula is C24H16Cl3NO3S. The fourth-order valence-corrected chi connectivity index (χ4v) is 4.58. The molecule has 1 aliphatic heterocycles. The zero-order valence-electron chi connectivity index (χ0n) is 16.6. The first-order valence-corrected chi connectivity index (χ1v) is 11.5. The normalized spacial score (nSPS) is 15.0. The smallest absolute Gasteiger partial charge is 0.293 e. The molecule has 1 aliphatic rings. The van der Waals surface area contributed by atoms with Gasteiger partial charge < -0.3 is 4.74 Å². The summed E-state index contributed by atoms with van der Waals surface area (Å²) in [5.41, 5.74) is 2.27. The third kappa shape index (κ3) is 5.30. The van der Waals surface area contributed by atoms with Crippen LogP contribution in [0.1, 0.15) is 16.7 Å².